The zero-order valence-corrected chi connectivity index (χ0v) is 15.0. The van der Waals surface area contributed by atoms with Crippen molar-refractivity contribution in [2.75, 3.05) is 0 Å². The topological polar surface area (TPSA) is 24.7 Å². The minimum atomic E-state index is 1.02. The lowest BCUT2D eigenvalue weighted by atomic mass is 9.99. The lowest BCUT2D eigenvalue weighted by Gasteiger charge is -2.04. The second-order valence-corrected chi connectivity index (χ2v) is 7.45. The van der Waals surface area contributed by atoms with E-state index < -0.39 is 0 Å². The Morgan fingerprint density at radius 1 is 0.500 bits per heavy atom. The van der Waals surface area contributed by atoms with E-state index in [-0.39, 0.29) is 0 Å². The zero-order valence-electron chi connectivity index (χ0n) is 15.0. The molecule has 0 N–H and O–H groups in total. The highest BCUT2D eigenvalue weighted by Crippen LogP contribution is 2.39. The maximum atomic E-state index is 5.13. The molecule has 0 fully saturated rings. The van der Waals surface area contributed by atoms with Crippen molar-refractivity contribution < 1.29 is 0 Å². The fourth-order valence-electron chi connectivity index (χ4n) is 4.68. The first kappa shape index (κ1) is 14.3. The van der Waals surface area contributed by atoms with Crippen LogP contribution in [0.15, 0.2) is 94.9 Å². The fourth-order valence-corrected chi connectivity index (χ4v) is 4.68. The van der Waals surface area contributed by atoms with Crippen molar-refractivity contribution in [3.63, 3.8) is 0 Å². The van der Waals surface area contributed by atoms with Gasteiger partial charge in [-0.1, -0.05) is 72.8 Å². The maximum absolute atomic E-state index is 5.13. The molecule has 0 aromatic heterocycles. The van der Waals surface area contributed by atoms with E-state index in [1.165, 1.54) is 43.1 Å². The van der Waals surface area contributed by atoms with Crippen LogP contribution in [-0.4, -0.2) is 0 Å². The van der Waals surface area contributed by atoms with Crippen molar-refractivity contribution in [2.45, 2.75) is 0 Å². The van der Waals surface area contributed by atoms with Crippen LogP contribution in [0.1, 0.15) is 0 Å². The van der Waals surface area contributed by atoms with E-state index in [2.05, 4.69) is 84.9 Å². The summed E-state index contributed by atoms with van der Waals surface area (Å²) in [6.45, 7) is 0. The molecule has 0 atom stereocenters. The van der Waals surface area contributed by atoms with Gasteiger partial charge in [-0.05, 0) is 22.9 Å². The number of fused-ring (bicyclic) bond motifs is 10. The Morgan fingerprint density at radius 3 is 2.11 bits per heavy atom. The summed E-state index contributed by atoms with van der Waals surface area (Å²) in [7, 11) is 0. The molecule has 5 aromatic carbocycles. The second-order valence-electron chi connectivity index (χ2n) is 7.45. The summed E-state index contributed by atoms with van der Waals surface area (Å²) in [5.74, 6) is 0. The van der Waals surface area contributed by atoms with Crippen LogP contribution in [0.3, 0.4) is 0 Å². The molecule has 0 unspecified atom stereocenters. The standard InChI is InChI=1S/C26H14N2/c1-3-7-17-15(5-1)9-11-19-20-13-14-22-23(26(20)28-24(17)19)21-12-10-16-6-2-4-8-18(16)25(21)27-22/h1-14H. The number of benzene rings is 5. The number of hydrogen-bond acceptors (Lipinski definition) is 2. The third-order valence-corrected chi connectivity index (χ3v) is 5.97. The van der Waals surface area contributed by atoms with E-state index in [0.717, 1.165) is 22.1 Å². The number of rotatable bonds is 0. The lowest BCUT2D eigenvalue weighted by molar-refractivity contribution is 1.36. The summed E-state index contributed by atoms with van der Waals surface area (Å²) in [5, 5.41) is 9.33. The van der Waals surface area contributed by atoms with E-state index >= 15 is 0 Å². The molecule has 0 saturated carbocycles. The van der Waals surface area contributed by atoms with Crippen molar-refractivity contribution in [3.8, 4) is 11.1 Å². The van der Waals surface area contributed by atoms with Crippen LogP contribution in [0, 0.1) is 10.4 Å². The van der Waals surface area contributed by atoms with E-state index in [4.69, 9.17) is 9.98 Å². The van der Waals surface area contributed by atoms with Gasteiger partial charge in [-0.15, -0.1) is 0 Å². The summed E-state index contributed by atoms with van der Waals surface area (Å²) < 4.78 is 0. The van der Waals surface area contributed by atoms with Gasteiger partial charge in [-0.2, -0.15) is 0 Å². The van der Waals surface area contributed by atoms with Crippen molar-refractivity contribution in [2.24, 2.45) is 9.98 Å². The molecule has 0 aliphatic carbocycles. The van der Waals surface area contributed by atoms with E-state index in [9.17, 15) is 0 Å². The van der Waals surface area contributed by atoms with Gasteiger partial charge in [-0.25, -0.2) is 9.98 Å². The summed E-state index contributed by atoms with van der Waals surface area (Å²) in [6, 6.07) is 30.0. The van der Waals surface area contributed by atoms with Crippen LogP contribution >= 0.6 is 0 Å². The van der Waals surface area contributed by atoms with Crippen LogP contribution in [0.25, 0.3) is 32.7 Å². The lowest BCUT2D eigenvalue weighted by Crippen LogP contribution is -2.06. The quantitative estimate of drug-likeness (QED) is 0.345. The van der Waals surface area contributed by atoms with Gasteiger partial charge in [0.1, 0.15) is 0 Å². The SMILES string of the molecule is c1ccc2c3c(ccc2c1)-c1ccc2c(c1=N3)=c1ccc3ccccc3c1=N2. The molecule has 2 heterocycles. The van der Waals surface area contributed by atoms with Gasteiger partial charge >= 0.3 is 0 Å². The summed E-state index contributed by atoms with van der Waals surface area (Å²) in [4.78, 5) is 10.1. The van der Waals surface area contributed by atoms with Crippen LogP contribution < -0.4 is 10.7 Å². The van der Waals surface area contributed by atoms with Gasteiger partial charge in [0.2, 0.25) is 0 Å². The first-order chi connectivity index (χ1) is 13.9. The molecule has 7 rings (SSSR count). The molecule has 0 saturated heterocycles. The van der Waals surface area contributed by atoms with Crippen LogP contribution in [-0.2, 0) is 0 Å². The molecule has 0 bridgehead atoms. The number of hydrogen-bond donors (Lipinski definition) is 0. The number of nitrogens with zero attached hydrogens (tertiary/aromatic N) is 2. The molecule has 0 amide bonds. The molecular weight excluding hydrogens is 340 g/mol. The monoisotopic (exact) mass is 354 g/mol. The van der Waals surface area contributed by atoms with Crippen molar-refractivity contribution in [1.82, 2.24) is 0 Å². The third-order valence-electron chi connectivity index (χ3n) is 5.97. The maximum Gasteiger partial charge on any atom is 0.0817 e. The minimum Gasteiger partial charge on any atom is -0.247 e. The summed E-state index contributed by atoms with van der Waals surface area (Å²) in [5.41, 5.74) is 4.52. The second kappa shape index (κ2) is 4.93. The van der Waals surface area contributed by atoms with Crippen LogP contribution in [0.4, 0.5) is 11.4 Å². The van der Waals surface area contributed by atoms with E-state index in [1.807, 2.05) is 0 Å². The van der Waals surface area contributed by atoms with Gasteiger partial charge in [0.05, 0.1) is 22.1 Å². The predicted molar refractivity (Wildman–Crippen MR) is 113 cm³/mol. The van der Waals surface area contributed by atoms with Crippen molar-refractivity contribution >= 4 is 32.9 Å². The Balaban J connectivity index is 1.70. The summed E-state index contributed by atoms with van der Waals surface area (Å²) in [6.07, 6.45) is 0. The van der Waals surface area contributed by atoms with Crippen molar-refractivity contribution in [3.05, 3.63) is 106 Å². The molecule has 2 aliphatic rings. The first-order valence-corrected chi connectivity index (χ1v) is 9.53. The molecule has 2 nitrogen and oxygen atoms in total. The molecule has 28 heavy (non-hydrogen) atoms. The molecule has 2 heteroatoms. The molecular formula is C26H14N2. The third kappa shape index (κ3) is 1.68. The summed E-state index contributed by atoms with van der Waals surface area (Å²) >= 11 is 0. The highest BCUT2D eigenvalue weighted by Gasteiger charge is 2.20. The first-order valence-electron chi connectivity index (χ1n) is 9.53. The molecule has 5 aromatic rings. The van der Waals surface area contributed by atoms with E-state index in [1.54, 1.807) is 0 Å². The Bertz CT molecular complexity index is 1710. The highest BCUT2D eigenvalue weighted by atomic mass is 14.8. The van der Waals surface area contributed by atoms with Gasteiger partial charge in [-0.3, -0.25) is 0 Å². The van der Waals surface area contributed by atoms with Crippen molar-refractivity contribution in [1.29, 1.82) is 0 Å². The molecule has 0 spiro atoms. The normalized spacial score (nSPS) is 12.9. The highest BCUT2D eigenvalue weighted by molar-refractivity contribution is 6.01. The molecule has 2 aliphatic heterocycles. The molecule has 0 radical (unpaired) electrons. The smallest absolute Gasteiger partial charge is 0.0817 e. The largest absolute Gasteiger partial charge is 0.247 e. The average molecular weight is 354 g/mol. The van der Waals surface area contributed by atoms with Gasteiger partial charge in [0.25, 0.3) is 0 Å². The molecule has 128 valence electrons. The van der Waals surface area contributed by atoms with Gasteiger partial charge in [0.15, 0.2) is 0 Å². The Kier molecular flexibility index (Phi) is 2.52. The Labute approximate surface area is 160 Å². The average Bonchev–Trinajstić information content (AvgIpc) is 3.32. The van der Waals surface area contributed by atoms with Gasteiger partial charge < -0.3 is 0 Å². The minimum absolute atomic E-state index is 1.02. The van der Waals surface area contributed by atoms with Gasteiger partial charge in [0, 0.05) is 32.3 Å². The zero-order chi connectivity index (χ0) is 18.2. The van der Waals surface area contributed by atoms with Crippen LogP contribution in [0.5, 0.6) is 0 Å². The van der Waals surface area contributed by atoms with E-state index in [0.29, 0.717) is 0 Å². The Morgan fingerprint density at radius 2 is 1.21 bits per heavy atom. The van der Waals surface area contributed by atoms with Crippen LogP contribution in [0.2, 0.25) is 0 Å². The fraction of sp³-hybridized carbons (Fsp3) is 0. The Hall–Kier alpha value is -3.78. The predicted octanol–water partition coefficient (Wildman–Crippen LogP) is 5.48.